The van der Waals surface area contributed by atoms with Crippen LogP contribution in [-0.2, 0) is 15.1 Å². The van der Waals surface area contributed by atoms with Crippen molar-refractivity contribution in [2.24, 2.45) is 0 Å². The maximum Gasteiger partial charge on any atom is 0.336 e. The van der Waals surface area contributed by atoms with Crippen LogP contribution in [0, 0.1) is 0 Å². The first-order chi connectivity index (χ1) is 11.6. The van der Waals surface area contributed by atoms with E-state index in [9.17, 15) is 4.79 Å². The highest BCUT2D eigenvalue weighted by Crippen LogP contribution is 2.32. The lowest BCUT2D eigenvalue weighted by atomic mass is 9.91. The van der Waals surface area contributed by atoms with Gasteiger partial charge >= 0.3 is 5.97 Å². The molecule has 0 amide bonds. The number of benzene rings is 2. The Morgan fingerprint density at radius 2 is 1.75 bits per heavy atom. The topological polar surface area (TPSA) is 47.6 Å². The Kier molecular flexibility index (Phi) is 6.24. The van der Waals surface area contributed by atoms with E-state index in [2.05, 4.69) is 12.2 Å². The van der Waals surface area contributed by atoms with Gasteiger partial charge in [-0.25, -0.2) is 4.79 Å². The predicted octanol–water partition coefficient (Wildman–Crippen LogP) is 4.37. The van der Waals surface area contributed by atoms with Crippen LogP contribution in [0.15, 0.2) is 54.6 Å². The van der Waals surface area contributed by atoms with Gasteiger partial charge < -0.3 is 14.8 Å². The van der Waals surface area contributed by atoms with Gasteiger partial charge in [0, 0.05) is 0 Å². The molecule has 0 saturated heterocycles. The molecule has 2 aromatic carbocycles. The molecule has 0 bridgehead atoms. The van der Waals surface area contributed by atoms with Crippen LogP contribution in [0.2, 0.25) is 0 Å². The molecule has 1 atom stereocenters. The van der Waals surface area contributed by atoms with Crippen LogP contribution in [0.5, 0.6) is 5.75 Å². The van der Waals surface area contributed by atoms with Gasteiger partial charge in [0.25, 0.3) is 0 Å². The number of anilines is 1. The number of methoxy groups -OCH3 is 1. The zero-order chi connectivity index (χ0) is 17.4. The SMILES string of the molecule is CCCCOC(=O)[C@](C)(Nc1ccccc1OC)c1ccccc1. The molecule has 0 radical (unpaired) electrons. The number of hydrogen-bond donors (Lipinski definition) is 1. The first-order valence-electron chi connectivity index (χ1n) is 8.25. The van der Waals surface area contributed by atoms with Gasteiger partial charge in [-0.3, -0.25) is 0 Å². The minimum atomic E-state index is -0.996. The second kappa shape index (κ2) is 8.39. The highest BCUT2D eigenvalue weighted by Gasteiger charge is 2.37. The molecule has 24 heavy (non-hydrogen) atoms. The highest BCUT2D eigenvalue weighted by atomic mass is 16.5. The summed E-state index contributed by atoms with van der Waals surface area (Å²) in [5.74, 6) is 0.383. The summed E-state index contributed by atoms with van der Waals surface area (Å²) < 4.78 is 10.9. The summed E-state index contributed by atoms with van der Waals surface area (Å²) in [6, 6.07) is 17.1. The van der Waals surface area contributed by atoms with Crippen molar-refractivity contribution in [2.75, 3.05) is 19.0 Å². The smallest absolute Gasteiger partial charge is 0.336 e. The van der Waals surface area contributed by atoms with Crippen LogP contribution in [0.4, 0.5) is 5.69 Å². The summed E-state index contributed by atoms with van der Waals surface area (Å²) in [6.45, 7) is 4.33. The number of hydrogen-bond acceptors (Lipinski definition) is 4. The second-order valence-corrected chi connectivity index (χ2v) is 5.81. The fraction of sp³-hybridized carbons (Fsp3) is 0.350. The maximum absolute atomic E-state index is 12.8. The van der Waals surface area contributed by atoms with Gasteiger partial charge in [-0.2, -0.15) is 0 Å². The minimum absolute atomic E-state index is 0.298. The van der Waals surface area contributed by atoms with Crippen LogP contribution >= 0.6 is 0 Å². The molecule has 128 valence electrons. The van der Waals surface area contributed by atoms with E-state index in [1.54, 1.807) is 7.11 Å². The van der Waals surface area contributed by atoms with Crippen LogP contribution in [-0.4, -0.2) is 19.7 Å². The molecule has 0 fully saturated rings. The Morgan fingerprint density at radius 3 is 2.42 bits per heavy atom. The van der Waals surface area contributed by atoms with Crippen molar-refractivity contribution in [1.82, 2.24) is 0 Å². The van der Waals surface area contributed by atoms with Crippen molar-refractivity contribution in [3.63, 3.8) is 0 Å². The van der Waals surface area contributed by atoms with E-state index >= 15 is 0 Å². The average Bonchev–Trinajstić information content (AvgIpc) is 2.63. The lowest BCUT2D eigenvalue weighted by Crippen LogP contribution is -2.42. The number of carbonyl (C=O) groups is 1. The third kappa shape index (κ3) is 4.07. The molecule has 0 unspecified atom stereocenters. The minimum Gasteiger partial charge on any atom is -0.495 e. The first-order valence-corrected chi connectivity index (χ1v) is 8.25. The van der Waals surface area contributed by atoms with Crippen LogP contribution < -0.4 is 10.1 Å². The van der Waals surface area contributed by atoms with Gasteiger partial charge in [0.2, 0.25) is 0 Å². The average molecular weight is 327 g/mol. The predicted molar refractivity (Wildman–Crippen MR) is 96.3 cm³/mol. The summed E-state index contributed by atoms with van der Waals surface area (Å²) >= 11 is 0. The summed E-state index contributed by atoms with van der Waals surface area (Å²) in [5.41, 5.74) is 0.597. The van der Waals surface area contributed by atoms with E-state index in [0.29, 0.717) is 12.4 Å². The Balaban J connectivity index is 2.34. The maximum atomic E-state index is 12.8. The monoisotopic (exact) mass is 327 g/mol. The van der Waals surface area contributed by atoms with Gasteiger partial charge in [-0.15, -0.1) is 0 Å². The Labute approximate surface area is 143 Å². The normalized spacial score (nSPS) is 13.0. The molecule has 4 heteroatoms. The molecule has 2 rings (SSSR count). The second-order valence-electron chi connectivity index (χ2n) is 5.81. The van der Waals surface area contributed by atoms with Gasteiger partial charge in [0.15, 0.2) is 5.54 Å². The van der Waals surface area contributed by atoms with Crippen LogP contribution in [0.3, 0.4) is 0 Å². The van der Waals surface area contributed by atoms with Crippen molar-refractivity contribution < 1.29 is 14.3 Å². The molecule has 0 aliphatic carbocycles. The Bertz CT molecular complexity index is 657. The van der Waals surface area contributed by atoms with Crippen LogP contribution in [0.1, 0.15) is 32.3 Å². The van der Waals surface area contributed by atoms with E-state index < -0.39 is 5.54 Å². The zero-order valence-electron chi connectivity index (χ0n) is 14.5. The fourth-order valence-corrected chi connectivity index (χ4v) is 2.48. The van der Waals surface area contributed by atoms with Crippen molar-refractivity contribution in [3.05, 3.63) is 60.2 Å². The van der Waals surface area contributed by atoms with Crippen LogP contribution in [0.25, 0.3) is 0 Å². The van der Waals surface area contributed by atoms with Gasteiger partial charge in [0.05, 0.1) is 19.4 Å². The summed E-state index contributed by atoms with van der Waals surface area (Å²) in [4.78, 5) is 12.8. The van der Waals surface area contributed by atoms with Gasteiger partial charge in [-0.05, 0) is 31.0 Å². The zero-order valence-corrected chi connectivity index (χ0v) is 14.5. The first kappa shape index (κ1) is 17.9. The summed E-state index contributed by atoms with van der Waals surface area (Å²) in [6.07, 6.45) is 1.83. The molecule has 0 aliphatic rings. The molecular weight excluding hydrogens is 302 g/mol. The van der Waals surface area contributed by atoms with E-state index in [4.69, 9.17) is 9.47 Å². The standard InChI is InChI=1S/C20H25NO3/c1-4-5-15-24-19(22)20(2,16-11-7-6-8-12-16)21-17-13-9-10-14-18(17)23-3/h6-14,21H,4-5,15H2,1-3H3/t20-/m1/s1. The molecule has 0 saturated carbocycles. The van der Waals surface area contributed by atoms with Gasteiger partial charge in [0.1, 0.15) is 5.75 Å². The van der Waals surface area contributed by atoms with E-state index in [1.807, 2.05) is 61.5 Å². The summed E-state index contributed by atoms with van der Waals surface area (Å²) in [5, 5.41) is 3.32. The molecule has 2 aromatic rings. The van der Waals surface area contributed by atoms with Crippen molar-refractivity contribution in [2.45, 2.75) is 32.2 Å². The highest BCUT2D eigenvalue weighted by molar-refractivity contribution is 5.86. The molecule has 4 nitrogen and oxygen atoms in total. The number of para-hydroxylation sites is 2. The molecule has 0 aliphatic heterocycles. The number of carbonyl (C=O) groups excluding carboxylic acids is 1. The Morgan fingerprint density at radius 1 is 1.08 bits per heavy atom. The molecule has 0 aromatic heterocycles. The molecular formula is C20H25NO3. The van der Waals surface area contributed by atoms with Crippen molar-refractivity contribution in [1.29, 1.82) is 0 Å². The number of unbranched alkanes of at least 4 members (excludes halogenated alkanes) is 1. The number of rotatable bonds is 8. The third-order valence-electron chi connectivity index (χ3n) is 3.98. The quantitative estimate of drug-likeness (QED) is 0.578. The summed E-state index contributed by atoms with van der Waals surface area (Å²) in [7, 11) is 1.61. The fourth-order valence-electron chi connectivity index (χ4n) is 2.48. The van der Waals surface area contributed by atoms with E-state index in [-0.39, 0.29) is 5.97 Å². The van der Waals surface area contributed by atoms with E-state index in [0.717, 1.165) is 24.1 Å². The molecule has 0 heterocycles. The number of esters is 1. The number of nitrogens with one attached hydrogen (secondary N) is 1. The van der Waals surface area contributed by atoms with Crippen molar-refractivity contribution in [3.8, 4) is 5.75 Å². The third-order valence-corrected chi connectivity index (χ3v) is 3.98. The van der Waals surface area contributed by atoms with Gasteiger partial charge in [-0.1, -0.05) is 55.8 Å². The Hall–Kier alpha value is -2.49. The number of ether oxygens (including phenoxy) is 2. The largest absolute Gasteiger partial charge is 0.495 e. The lowest BCUT2D eigenvalue weighted by Gasteiger charge is -2.31. The lowest BCUT2D eigenvalue weighted by molar-refractivity contribution is -0.149. The molecule has 1 N–H and O–H groups in total. The van der Waals surface area contributed by atoms with Crippen molar-refractivity contribution >= 4 is 11.7 Å². The van der Waals surface area contributed by atoms with E-state index in [1.165, 1.54) is 0 Å². The molecule has 0 spiro atoms.